The molecule has 0 aliphatic rings. The number of halogens is 3. The van der Waals surface area contributed by atoms with Gasteiger partial charge < -0.3 is 5.32 Å². The van der Waals surface area contributed by atoms with Crippen LogP contribution in [0.25, 0.3) is 0 Å². The van der Waals surface area contributed by atoms with Crippen molar-refractivity contribution in [3.8, 4) is 0 Å². The lowest BCUT2D eigenvalue weighted by molar-refractivity contribution is -0.384. The number of allylic oxidation sites excluding steroid dienone is 1. The van der Waals surface area contributed by atoms with Crippen molar-refractivity contribution < 1.29 is 22.9 Å². The van der Waals surface area contributed by atoms with E-state index in [9.17, 15) is 28.1 Å². The van der Waals surface area contributed by atoms with Gasteiger partial charge in [-0.3, -0.25) is 14.9 Å². The third-order valence-corrected chi connectivity index (χ3v) is 1.84. The molecule has 0 atom stereocenters. The van der Waals surface area contributed by atoms with Gasteiger partial charge in [-0.2, -0.15) is 13.2 Å². The van der Waals surface area contributed by atoms with Crippen LogP contribution in [0.4, 0.5) is 24.5 Å². The van der Waals surface area contributed by atoms with Gasteiger partial charge in [0, 0.05) is 30.1 Å². The minimum atomic E-state index is -4.91. The van der Waals surface area contributed by atoms with Crippen molar-refractivity contribution in [1.29, 1.82) is 0 Å². The van der Waals surface area contributed by atoms with Gasteiger partial charge >= 0.3 is 6.18 Å². The molecule has 1 aromatic rings. The molecule has 0 fully saturated rings. The van der Waals surface area contributed by atoms with Gasteiger partial charge in [0.25, 0.3) is 11.5 Å². The van der Waals surface area contributed by atoms with Crippen molar-refractivity contribution in [3.05, 3.63) is 46.7 Å². The van der Waals surface area contributed by atoms with Gasteiger partial charge in [0.15, 0.2) is 0 Å². The number of nitrogens with zero attached hydrogens (tertiary/aromatic N) is 1. The first kappa shape index (κ1) is 13.7. The lowest BCUT2D eigenvalue weighted by atomic mass is 10.3. The van der Waals surface area contributed by atoms with Crippen molar-refractivity contribution in [3.63, 3.8) is 0 Å². The first-order valence-electron chi connectivity index (χ1n) is 4.59. The van der Waals surface area contributed by atoms with Gasteiger partial charge in [-0.05, 0) is 12.1 Å². The number of ketones is 1. The SMILES string of the molecule is O=C(/C=C\Nc1ccc([N+](=O)[O-])cc1)C(F)(F)F. The van der Waals surface area contributed by atoms with E-state index < -0.39 is 16.9 Å². The van der Waals surface area contributed by atoms with Crippen LogP contribution in [0, 0.1) is 10.1 Å². The molecule has 96 valence electrons. The molecule has 0 aliphatic heterocycles. The van der Waals surface area contributed by atoms with Gasteiger partial charge in [-0.25, -0.2) is 0 Å². The van der Waals surface area contributed by atoms with Crippen LogP contribution in [0.3, 0.4) is 0 Å². The smallest absolute Gasteiger partial charge is 0.362 e. The summed E-state index contributed by atoms with van der Waals surface area (Å²) in [6, 6.07) is 4.98. The second-order valence-corrected chi connectivity index (χ2v) is 3.14. The van der Waals surface area contributed by atoms with Crippen molar-refractivity contribution >= 4 is 17.2 Å². The first-order valence-corrected chi connectivity index (χ1v) is 4.59. The van der Waals surface area contributed by atoms with E-state index in [4.69, 9.17) is 0 Å². The van der Waals surface area contributed by atoms with Crippen molar-refractivity contribution in [1.82, 2.24) is 0 Å². The Balaban J connectivity index is 2.62. The van der Waals surface area contributed by atoms with Crippen LogP contribution in [0.15, 0.2) is 36.5 Å². The zero-order chi connectivity index (χ0) is 13.8. The molecule has 8 heteroatoms. The lowest BCUT2D eigenvalue weighted by Crippen LogP contribution is -2.20. The number of nitrogens with one attached hydrogen (secondary N) is 1. The maximum atomic E-state index is 11.8. The van der Waals surface area contributed by atoms with Crippen molar-refractivity contribution in [2.45, 2.75) is 6.18 Å². The second-order valence-electron chi connectivity index (χ2n) is 3.14. The molecule has 1 rings (SSSR count). The maximum Gasteiger partial charge on any atom is 0.454 e. The molecule has 5 nitrogen and oxygen atoms in total. The highest BCUT2D eigenvalue weighted by atomic mass is 19.4. The van der Waals surface area contributed by atoms with Gasteiger partial charge in [-0.15, -0.1) is 0 Å². The summed E-state index contributed by atoms with van der Waals surface area (Å²) in [5.74, 6) is -1.99. The molecule has 0 aliphatic carbocycles. The van der Waals surface area contributed by atoms with Gasteiger partial charge in [-0.1, -0.05) is 0 Å². The van der Waals surface area contributed by atoms with Crippen molar-refractivity contribution in [2.24, 2.45) is 0 Å². The maximum absolute atomic E-state index is 11.8. The topological polar surface area (TPSA) is 72.2 Å². The molecule has 1 aromatic carbocycles. The molecule has 0 bridgehead atoms. The summed E-state index contributed by atoms with van der Waals surface area (Å²) >= 11 is 0. The quantitative estimate of drug-likeness (QED) is 0.513. The zero-order valence-electron chi connectivity index (χ0n) is 8.77. The highest BCUT2D eigenvalue weighted by Gasteiger charge is 2.35. The van der Waals surface area contributed by atoms with E-state index in [1.54, 1.807) is 0 Å². The van der Waals surface area contributed by atoms with Crippen LogP contribution in [-0.4, -0.2) is 16.9 Å². The van der Waals surface area contributed by atoms with E-state index in [0.29, 0.717) is 11.8 Å². The fraction of sp³-hybridized carbons (Fsp3) is 0.100. The summed E-state index contributed by atoms with van der Waals surface area (Å²) in [7, 11) is 0. The number of benzene rings is 1. The number of nitro groups is 1. The molecule has 0 saturated carbocycles. The predicted molar refractivity (Wildman–Crippen MR) is 56.9 cm³/mol. The number of rotatable bonds is 4. The Morgan fingerprint density at radius 3 is 2.28 bits per heavy atom. The summed E-state index contributed by atoms with van der Waals surface area (Å²) in [5.41, 5.74) is 0.183. The molecular weight excluding hydrogens is 253 g/mol. The van der Waals surface area contributed by atoms with Crippen LogP contribution in [0.1, 0.15) is 0 Å². The molecule has 0 spiro atoms. The van der Waals surface area contributed by atoms with Crippen LogP contribution in [-0.2, 0) is 4.79 Å². The summed E-state index contributed by atoms with van der Waals surface area (Å²) in [6.45, 7) is 0. The number of non-ortho nitro benzene ring substituents is 1. The molecule has 0 saturated heterocycles. The van der Waals surface area contributed by atoms with Crippen LogP contribution >= 0.6 is 0 Å². The molecule has 0 unspecified atom stereocenters. The minimum Gasteiger partial charge on any atom is -0.362 e. The van der Waals surface area contributed by atoms with E-state index in [0.717, 1.165) is 6.20 Å². The Kier molecular flexibility index (Phi) is 4.03. The molecule has 0 aromatic heterocycles. The predicted octanol–water partition coefficient (Wildman–Crippen LogP) is 2.65. The van der Waals surface area contributed by atoms with Crippen LogP contribution in [0.2, 0.25) is 0 Å². The Morgan fingerprint density at radius 2 is 1.83 bits per heavy atom. The van der Waals surface area contributed by atoms with E-state index >= 15 is 0 Å². The Bertz CT molecular complexity index is 480. The van der Waals surface area contributed by atoms with E-state index in [2.05, 4.69) is 5.32 Å². The average molecular weight is 260 g/mol. The third kappa shape index (κ3) is 3.89. The number of anilines is 1. The average Bonchev–Trinajstić information content (AvgIpc) is 2.28. The number of carbonyl (C=O) groups is 1. The highest BCUT2D eigenvalue weighted by molar-refractivity contribution is 5.94. The fourth-order valence-corrected chi connectivity index (χ4v) is 0.987. The highest BCUT2D eigenvalue weighted by Crippen LogP contribution is 2.17. The number of alkyl halides is 3. The van der Waals surface area contributed by atoms with E-state index in [-0.39, 0.29) is 5.69 Å². The normalized spacial score (nSPS) is 11.5. The summed E-state index contributed by atoms with van der Waals surface area (Å²) in [4.78, 5) is 20.2. The second kappa shape index (κ2) is 5.30. The molecule has 18 heavy (non-hydrogen) atoms. The number of nitro benzene ring substituents is 1. The first-order chi connectivity index (χ1) is 8.30. The largest absolute Gasteiger partial charge is 0.454 e. The Labute approximate surface area is 99.1 Å². The fourth-order valence-electron chi connectivity index (χ4n) is 0.987. The monoisotopic (exact) mass is 260 g/mol. The molecular formula is C10H7F3N2O3. The number of carbonyl (C=O) groups excluding carboxylic acids is 1. The molecule has 0 radical (unpaired) electrons. The van der Waals surface area contributed by atoms with Gasteiger partial charge in [0.2, 0.25) is 0 Å². The Morgan fingerprint density at radius 1 is 1.28 bits per heavy atom. The number of hydrogen-bond acceptors (Lipinski definition) is 4. The Hall–Kier alpha value is -2.38. The summed E-state index contributed by atoms with van der Waals surface area (Å²) in [6.07, 6.45) is -3.76. The molecule has 1 N–H and O–H groups in total. The molecule has 0 amide bonds. The molecule has 0 heterocycles. The zero-order valence-corrected chi connectivity index (χ0v) is 8.77. The van der Waals surface area contributed by atoms with Crippen LogP contribution < -0.4 is 5.32 Å². The van der Waals surface area contributed by atoms with E-state index in [1.807, 2.05) is 0 Å². The number of hydrogen-bond donors (Lipinski definition) is 1. The summed E-state index contributed by atoms with van der Waals surface area (Å²) < 4.78 is 35.4. The van der Waals surface area contributed by atoms with E-state index in [1.165, 1.54) is 24.3 Å². The third-order valence-electron chi connectivity index (χ3n) is 1.84. The van der Waals surface area contributed by atoms with Crippen molar-refractivity contribution in [2.75, 3.05) is 5.32 Å². The lowest BCUT2D eigenvalue weighted by Gasteiger charge is -2.01. The van der Waals surface area contributed by atoms with Gasteiger partial charge in [0.1, 0.15) is 0 Å². The minimum absolute atomic E-state index is 0.143. The summed E-state index contributed by atoms with van der Waals surface area (Å²) in [5, 5.41) is 12.7. The standard InChI is InChI=1S/C10H7F3N2O3/c11-10(12,13)9(16)5-6-14-7-1-3-8(4-2-7)15(17)18/h1-6,14H/b6-5-. The van der Waals surface area contributed by atoms with Gasteiger partial charge in [0.05, 0.1) is 4.92 Å². The van der Waals surface area contributed by atoms with Crippen LogP contribution in [0.5, 0.6) is 0 Å².